The van der Waals surface area contributed by atoms with Gasteiger partial charge < -0.3 is 10.1 Å². The molecule has 112 valence electrons. The van der Waals surface area contributed by atoms with Crippen molar-refractivity contribution in [1.29, 1.82) is 0 Å². The fourth-order valence-electron chi connectivity index (χ4n) is 2.85. The van der Waals surface area contributed by atoms with Crippen LogP contribution in [0.25, 0.3) is 0 Å². The van der Waals surface area contributed by atoms with Crippen molar-refractivity contribution < 1.29 is 13.5 Å². The van der Waals surface area contributed by atoms with E-state index < -0.39 is 11.6 Å². The van der Waals surface area contributed by atoms with Gasteiger partial charge in [0.2, 0.25) is 0 Å². The number of ether oxygens (including phenoxy) is 1. The minimum absolute atomic E-state index is 0.198. The van der Waals surface area contributed by atoms with Crippen molar-refractivity contribution in [1.82, 2.24) is 5.32 Å². The third kappa shape index (κ3) is 4.84. The van der Waals surface area contributed by atoms with Gasteiger partial charge in [0, 0.05) is 18.7 Å². The van der Waals surface area contributed by atoms with E-state index in [-0.39, 0.29) is 12.1 Å². The molecule has 0 bridgehead atoms. The number of benzene rings is 1. The Balaban J connectivity index is 1.96. The van der Waals surface area contributed by atoms with Crippen molar-refractivity contribution >= 4 is 0 Å². The van der Waals surface area contributed by atoms with Gasteiger partial charge in [-0.3, -0.25) is 0 Å². The largest absolute Gasteiger partial charge is 0.378 e. The summed E-state index contributed by atoms with van der Waals surface area (Å²) in [5.74, 6) is -1.02. The highest BCUT2D eigenvalue weighted by atomic mass is 19.1. The number of nitrogens with one attached hydrogen (secondary N) is 1. The zero-order valence-electron chi connectivity index (χ0n) is 12.0. The molecule has 1 fully saturated rings. The molecular formula is C16H23F2NO. The van der Waals surface area contributed by atoms with Crippen LogP contribution in [-0.2, 0) is 11.2 Å². The van der Waals surface area contributed by atoms with Crippen molar-refractivity contribution in [2.75, 3.05) is 13.2 Å². The molecule has 2 atom stereocenters. The van der Waals surface area contributed by atoms with Crippen LogP contribution in [0.4, 0.5) is 8.78 Å². The predicted molar refractivity (Wildman–Crippen MR) is 75.7 cm³/mol. The van der Waals surface area contributed by atoms with Crippen LogP contribution < -0.4 is 5.32 Å². The molecule has 0 saturated carbocycles. The first kappa shape index (κ1) is 15.4. The lowest BCUT2D eigenvalue weighted by atomic mass is 9.96. The van der Waals surface area contributed by atoms with Crippen LogP contribution in [0.2, 0.25) is 0 Å². The number of halogens is 2. The van der Waals surface area contributed by atoms with Crippen molar-refractivity contribution in [2.45, 2.75) is 51.2 Å². The van der Waals surface area contributed by atoms with Gasteiger partial charge in [0.1, 0.15) is 11.6 Å². The summed E-state index contributed by atoms with van der Waals surface area (Å²) < 4.78 is 32.2. The Kier molecular flexibility index (Phi) is 5.92. The number of likely N-dealkylation sites (N-methyl/N-ethyl adjacent to an activating group) is 1. The van der Waals surface area contributed by atoms with Gasteiger partial charge in [-0.05, 0) is 56.3 Å². The summed E-state index contributed by atoms with van der Waals surface area (Å²) in [4.78, 5) is 0. The topological polar surface area (TPSA) is 21.3 Å². The molecule has 1 aliphatic heterocycles. The number of hydrogen-bond acceptors (Lipinski definition) is 2. The molecule has 0 radical (unpaired) electrons. The summed E-state index contributed by atoms with van der Waals surface area (Å²) in [6.07, 6.45) is 5.22. The molecule has 2 rings (SSSR count). The lowest BCUT2D eigenvalue weighted by molar-refractivity contribution is 0.00535. The second-order valence-corrected chi connectivity index (χ2v) is 5.46. The molecule has 1 aliphatic rings. The summed E-state index contributed by atoms with van der Waals surface area (Å²) in [5.41, 5.74) is 0.698. The molecule has 0 amide bonds. The Morgan fingerprint density at radius 1 is 1.25 bits per heavy atom. The van der Waals surface area contributed by atoms with Gasteiger partial charge in [-0.1, -0.05) is 6.92 Å². The molecule has 20 heavy (non-hydrogen) atoms. The first-order valence-electron chi connectivity index (χ1n) is 7.47. The van der Waals surface area contributed by atoms with Gasteiger partial charge >= 0.3 is 0 Å². The van der Waals surface area contributed by atoms with Gasteiger partial charge in [-0.15, -0.1) is 0 Å². The first-order chi connectivity index (χ1) is 9.67. The summed E-state index contributed by atoms with van der Waals surface area (Å²) in [5, 5.41) is 3.39. The van der Waals surface area contributed by atoms with E-state index in [1.165, 1.54) is 18.6 Å². The summed E-state index contributed by atoms with van der Waals surface area (Å²) in [6.45, 7) is 3.72. The lowest BCUT2D eigenvalue weighted by Crippen LogP contribution is -2.36. The van der Waals surface area contributed by atoms with Crippen molar-refractivity contribution in [3.63, 3.8) is 0 Å². The Morgan fingerprint density at radius 2 is 2.00 bits per heavy atom. The summed E-state index contributed by atoms with van der Waals surface area (Å²) >= 11 is 0. The molecule has 1 saturated heterocycles. The summed E-state index contributed by atoms with van der Waals surface area (Å²) in [6, 6.07) is 3.93. The molecule has 4 heteroatoms. The third-order valence-corrected chi connectivity index (χ3v) is 3.72. The van der Waals surface area contributed by atoms with Gasteiger partial charge in [-0.2, -0.15) is 0 Å². The monoisotopic (exact) mass is 283 g/mol. The number of hydrogen-bond donors (Lipinski definition) is 1. The van der Waals surface area contributed by atoms with Gasteiger partial charge in [0.05, 0.1) is 6.10 Å². The van der Waals surface area contributed by atoms with Crippen LogP contribution in [0, 0.1) is 11.6 Å². The average molecular weight is 283 g/mol. The molecule has 1 aromatic rings. The highest BCUT2D eigenvalue weighted by molar-refractivity contribution is 5.19. The zero-order valence-corrected chi connectivity index (χ0v) is 12.0. The first-order valence-corrected chi connectivity index (χ1v) is 7.47. The van der Waals surface area contributed by atoms with Crippen molar-refractivity contribution in [3.05, 3.63) is 35.4 Å². The Hall–Kier alpha value is -1.00. The quantitative estimate of drug-likeness (QED) is 0.863. The van der Waals surface area contributed by atoms with Crippen molar-refractivity contribution in [3.8, 4) is 0 Å². The van der Waals surface area contributed by atoms with Crippen molar-refractivity contribution in [2.24, 2.45) is 0 Å². The molecule has 2 unspecified atom stereocenters. The Labute approximate surface area is 119 Å². The van der Waals surface area contributed by atoms with E-state index in [2.05, 4.69) is 5.32 Å². The van der Waals surface area contributed by atoms with Crippen LogP contribution in [-0.4, -0.2) is 25.3 Å². The smallest absolute Gasteiger partial charge is 0.126 e. The van der Waals surface area contributed by atoms with E-state index in [4.69, 9.17) is 4.74 Å². The maximum absolute atomic E-state index is 13.2. The third-order valence-electron chi connectivity index (χ3n) is 3.72. The SMILES string of the molecule is CCNC(Cc1cc(F)cc(F)c1)CC1CCCCO1. The van der Waals surface area contributed by atoms with E-state index in [0.717, 1.165) is 38.5 Å². The van der Waals surface area contributed by atoms with Crippen LogP contribution >= 0.6 is 0 Å². The zero-order chi connectivity index (χ0) is 14.4. The van der Waals surface area contributed by atoms with Crippen LogP contribution in [0.5, 0.6) is 0 Å². The van der Waals surface area contributed by atoms with Crippen LogP contribution in [0.3, 0.4) is 0 Å². The predicted octanol–water partition coefficient (Wildman–Crippen LogP) is 3.44. The Bertz CT molecular complexity index is 399. The van der Waals surface area contributed by atoms with Gasteiger partial charge in [0.25, 0.3) is 0 Å². The molecular weight excluding hydrogens is 260 g/mol. The van der Waals surface area contributed by atoms with E-state index in [1.807, 2.05) is 6.92 Å². The molecule has 0 aromatic heterocycles. The highest BCUT2D eigenvalue weighted by Gasteiger charge is 2.19. The molecule has 1 N–H and O–H groups in total. The van der Waals surface area contributed by atoms with Gasteiger partial charge in [-0.25, -0.2) is 8.78 Å². The molecule has 1 aromatic carbocycles. The maximum atomic E-state index is 13.2. The fourth-order valence-corrected chi connectivity index (χ4v) is 2.85. The molecule has 0 spiro atoms. The molecule has 2 nitrogen and oxygen atoms in total. The standard InChI is InChI=1S/C16H23F2NO/c1-2-19-15(11-16-5-3-4-6-20-16)9-12-7-13(17)10-14(18)8-12/h7-8,10,15-16,19H,2-6,9,11H2,1H3. The van der Waals surface area contributed by atoms with Crippen LogP contribution in [0.15, 0.2) is 18.2 Å². The van der Waals surface area contributed by atoms with E-state index >= 15 is 0 Å². The fraction of sp³-hybridized carbons (Fsp3) is 0.625. The number of rotatable bonds is 6. The lowest BCUT2D eigenvalue weighted by Gasteiger charge is -2.27. The van der Waals surface area contributed by atoms with Gasteiger partial charge in [0.15, 0.2) is 0 Å². The van der Waals surface area contributed by atoms with E-state index in [0.29, 0.717) is 12.0 Å². The highest BCUT2D eigenvalue weighted by Crippen LogP contribution is 2.19. The van der Waals surface area contributed by atoms with Crippen LogP contribution in [0.1, 0.15) is 38.2 Å². The van der Waals surface area contributed by atoms with E-state index in [9.17, 15) is 8.78 Å². The minimum Gasteiger partial charge on any atom is -0.378 e. The molecule has 1 heterocycles. The maximum Gasteiger partial charge on any atom is 0.126 e. The van der Waals surface area contributed by atoms with E-state index in [1.54, 1.807) is 0 Å². The summed E-state index contributed by atoms with van der Waals surface area (Å²) in [7, 11) is 0. The Morgan fingerprint density at radius 3 is 2.60 bits per heavy atom. The minimum atomic E-state index is -0.510. The average Bonchev–Trinajstić information content (AvgIpc) is 2.39. The second kappa shape index (κ2) is 7.70. The molecule has 0 aliphatic carbocycles. The normalized spacial score (nSPS) is 20.9. The second-order valence-electron chi connectivity index (χ2n) is 5.46.